The Morgan fingerprint density at radius 1 is 0.786 bits per heavy atom. The molecule has 1 saturated heterocycles. The fraction of sp³-hybridized carbons (Fsp3) is 0.233. The number of alkyl halides is 2. The third-order valence-electron chi connectivity index (χ3n) is 7.22. The minimum absolute atomic E-state index is 0.0196. The highest BCUT2D eigenvalue weighted by atomic mass is 79.9. The van der Waals surface area contributed by atoms with E-state index in [1.807, 2.05) is 0 Å². The zero-order valence-corrected chi connectivity index (χ0v) is 27.2. The standard InChI is InChI=1S/C30H22Br3ClN2O6/c31-19-7-1-18(2-8-19)30(41)42-21-11-5-16(6-12-21)26(37)15-35(27(38)17-3-9-20(34)10-4-17)36-28(39)22-13-24(32)25(33)14-23(22)29(36)40/h1-12,22-25H,13-15H2/t22-,23-,24+,25+/m1/s1. The van der Waals surface area contributed by atoms with Gasteiger partial charge in [0.1, 0.15) is 12.3 Å². The number of amides is 3. The number of hydrogen-bond acceptors (Lipinski definition) is 6. The summed E-state index contributed by atoms with van der Waals surface area (Å²) in [6.45, 7) is -0.564. The lowest BCUT2D eigenvalue weighted by Crippen LogP contribution is -2.52. The van der Waals surface area contributed by atoms with E-state index in [1.165, 1.54) is 48.5 Å². The average Bonchev–Trinajstić information content (AvgIpc) is 3.20. The molecule has 4 atom stereocenters. The normalized spacial score (nSPS) is 21.6. The molecule has 8 nitrogen and oxygen atoms in total. The van der Waals surface area contributed by atoms with Gasteiger partial charge in [0.25, 0.3) is 17.7 Å². The van der Waals surface area contributed by atoms with Gasteiger partial charge in [0.05, 0.1) is 17.4 Å². The largest absolute Gasteiger partial charge is 0.423 e. The van der Waals surface area contributed by atoms with Crippen LogP contribution in [0.5, 0.6) is 5.75 Å². The highest BCUT2D eigenvalue weighted by Gasteiger charge is 2.54. The maximum absolute atomic E-state index is 13.7. The Morgan fingerprint density at radius 3 is 1.83 bits per heavy atom. The lowest BCUT2D eigenvalue weighted by molar-refractivity contribution is -0.154. The van der Waals surface area contributed by atoms with Gasteiger partial charge in [0.2, 0.25) is 0 Å². The van der Waals surface area contributed by atoms with Gasteiger partial charge >= 0.3 is 5.97 Å². The summed E-state index contributed by atoms with van der Waals surface area (Å²) in [5.41, 5.74) is 0.715. The van der Waals surface area contributed by atoms with Crippen LogP contribution in [0.25, 0.3) is 0 Å². The molecule has 2 aliphatic rings. The summed E-state index contributed by atoms with van der Waals surface area (Å²) in [5, 5.41) is 2.16. The molecule has 2 fully saturated rings. The van der Waals surface area contributed by atoms with Crippen molar-refractivity contribution in [2.24, 2.45) is 11.8 Å². The molecule has 0 N–H and O–H groups in total. The number of benzene rings is 3. The molecule has 1 aliphatic carbocycles. The van der Waals surface area contributed by atoms with Crippen molar-refractivity contribution < 1.29 is 28.7 Å². The average molecular weight is 782 g/mol. The molecule has 42 heavy (non-hydrogen) atoms. The van der Waals surface area contributed by atoms with Crippen LogP contribution < -0.4 is 4.74 Å². The van der Waals surface area contributed by atoms with E-state index >= 15 is 0 Å². The molecule has 3 aromatic rings. The number of ether oxygens (including phenoxy) is 1. The number of hydrogen-bond donors (Lipinski definition) is 0. The number of ketones is 1. The van der Waals surface area contributed by atoms with Crippen LogP contribution in [0.3, 0.4) is 0 Å². The van der Waals surface area contributed by atoms with Crippen LogP contribution in [0.4, 0.5) is 0 Å². The van der Waals surface area contributed by atoms with Gasteiger partial charge in [0, 0.05) is 30.3 Å². The highest BCUT2D eigenvalue weighted by molar-refractivity contribution is 9.12. The van der Waals surface area contributed by atoms with Crippen molar-refractivity contribution in [1.82, 2.24) is 10.0 Å². The number of esters is 1. The first kappa shape index (κ1) is 30.6. The van der Waals surface area contributed by atoms with E-state index in [0.29, 0.717) is 23.4 Å². The van der Waals surface area contributed by atoms with Crippen LogP contribution in [0.1, 0.15) is 43.9 Å². The molecule has 1 aliphatic heterocycles. The van der Waals surface area contributed by atoms with Crippen LogP contribution in [0.2, 0.25) is 5.02 Å². The fourth-order valence-corrected chi connectivity index (χ4v) is 6.61. The van der Waals surface area contributed by atoms with Crippen molar-refractivity contribution in [3.8, 4) is 5.75 Å². The number of hydrazine groups is 1. The minimum atomic E-state index is -0.689. The lowest BCUT2D eigenvalue weighted by atomic mass is 9.81. The SMILES string of the molecule is O=C(CN(C(=O)c1ccc(Cl)cc1)N1C(=O)[C@@H]2C[C@H](Br)[C@@H](Br)C[C@H]2C1=O)c1ccc(OC(=O)c2ccc(Br)cc2)cc1. The van der Waals surface area contributed by atoms with Crippen molar-refractivity contribution in [2.45, 2.75) is 22.5 Å². The van der Waals surface area contributed by atoms with Gasteiger partial charge in [-0.05, 0) is 85.6 Å². The molecule has 216 valence electrons. The Labute approximate surface area is 271 Å². The van der Waals surface area contributed by atoms with E-state index in [9.17, 15) is 24.0 Å². The summed E-state index contributed by atoms with van der Waals surface area (Å²) >= 11 is 16.4. The number of carbonyl (C=O) groups is 5. The predicted octanol–water partition coefficient (Wildman–Crippen LogP) is 6.48. The number of nitrogens with zero attached hydrogens (tertiary/aromatic N) is 2. The molecular formula is C30H22Br3ClN2O6. The number of fused-ring (bicyclic) bond motifs is 1. The Bertz CT molecular complexity index is 1520. The zero-order chi connectivity index (χ0) is 30.1. The molecule has 1 heterocycles. The Morgan fingerprint density at radius 2 is 1.29 bits per heavy atom. The predicted molar refractivity (Wildman–Crippen MR) is 166 cm³/mol. The highest BCUT2D eigenvalue weighted by Crippen LogP contribution is 2.43. The van der Waals surface area contributed by atoms with E-state index in [-0.39, 0.29) is 26.5 Å². The topological polar surface area (TPSA) is 101 Å². The first-order valence-corrected chi connectivity index (χ1v) is 15.9. The van der Waals surface area contributed by atoms with Crippen LogP contribution in [-0.4, -0.2) is 55.7 Å². The summed E-state index contributed by atoms with van der Waals surface area (Å²) in [6, 6.07) is 18.5. The smallest absolute Gasteiger partial charge is 0.343 e. The molecule has 0 radical (unpaired) electrons. The first-order chi connectivity index (χ1) is 20.0. The molecule has 0 aromatic heterocycles. The van der Waals surface area contributed by atoms with Crippen molar-refractivity contribution >= 4 is 88.9 Å². The number of Topliss-reactive ketones (excluding diaryl/α,β-unsaturated/α-hetero) is 1. The third kappa shape index (κ3) is 6.39. The van der Waals surface area contributed by atoms with Gasteiger partial charge in [-0.15, -0.1) is 0 Å². The summed E-state index contributed by atoms with van der Waals surface area (Å²) in [6.07, 6.45) is 0.831. The van der Waals surface area contributed by atoms with Crippen molar-refractivity contribution in [2.75, 3.05) is 6.54 Å². The molecular weight excluding hydrogens is 760 g/mol. The number of halogens is 4. The number of rotatable bonds is 7. The molecule has 0 spiro atoms. The molecule has 3 amide bonds. The fourth-order valence-electron chi connectivity index (χ4n) is 4.98. The minimum Gasteiger partial charge on any atom is -0.423 e. The van der Waals surface area contributed by atoms with Gasteiger partial charge in [-0.2, -0.15) is 5.01 Å². The second kappa shape index (κ2) is 12.8. The van der Waals surface area contributed by atoms with E-state index in [2.05, 4.69) is 47.8 Å². The van der Waals surface area contributed by atoms with Crippen LogP contribution >= 0.6 is 59.4 Å². The molecule has 1 saturated carbocycles. The van der Waals surface area contributed by atoms with Crippen LogP contribution in [-0.2, 0) is 9.59 Å². The van der Waals surface area contributed by atoms with Crippen LogP contribution in [0.15, 0.2) is 77.3 Å². The summed E-state index contributed by atoms with van der Waals surface area (Å²) in [4.78, 5) is 66.6. The maximum Gasteiger partial charge on any atom is 0.343 e. The molecule has 5 rings (SSSR count). The Hall–Kier alpha value is -2.86. The van der Waals surface area contributed by atoms with E-state index in [1.54, 1.807) is 24.3 Å². The monoisotopic (exact) mass is 778 g/mol. The third-order valence-corrected chi connectivity index (χ3v) is 10.7. The van der Waals surface area contributed by atoms with Gasteiger partial charge in [-0.3, -0.25) is 19.2 Å². The zero-order valence-electron chi connectivity index (χ0n) is 21.7. The summed E-state index contributed by atoms with van der Waals surface area (Å²) < 4.78 is 6.22. The maximum atomic E-state index is 13.7. The number of imide groups is 1. The quantitative estimate of drug-likeness (QED) is 0.0895. The summed E-state index contributed by atoms with van der Waals surface area (Å²) in [7, 11) is 0. The van der Waals surface area contributed by atoms with Gasteiger partial charge < -0.3 is 4.74 Å². The first-order valence-electron chi connectivity index (χ1n) is 12.9. The van der Waals surface area contributed by atoms with Crippen LogP contribution in [0, 0.1) is 11.8 Å². The van der Waals surface area contributed by atoms with Gasteiger partial charge in [0.15, 0.2) is 5.78 Å². The van der Waals surface area contributed by atoms with Crippen molar-refractivity contribution in [3.05, 3.63) is 99.0 Å². The molecule has 3 aromatic carbocycles. The molecule has 0 bridgehead atoms. The van der Waals surface area contributed by atoms with Gasteiger partial charge in [-0.25, -0.2) is 9.80 Å². The second-order valence-electron chi connectivity index (χ2n) is 9.92. The van der Waals surface area contributed by atoms with E-state index in [0.717, 1.165) is 14.5 Å². The van der Waals surface area contributed by atoms with Crippen molar-refractivity contribution in [1.29, 1.82) is 0 Å². The van der Waals surface area contributed by atoms with Crippen molar-refractivity contribution in [3.63, 3.8) is 0 Å². The van der Waals surface area contributed by atoms with E-state index in [4.69, 9.17) is 16.3 Å². The van der Waals surface area contributed by atoms with Gasteiger partial charge in [-0.1, -0.05) is 59.4 Å². The van der Waals surface area contributed by atoms with E-state index < -0.39 is 47.9 Å². The summed E-state index contributed by atoms with van der Waals surface area (Å²) in [5.74, 6) is -3.79. The lowest BCUT2D eigenvalue weighted by Gasteiger charge is -2.30. The Balaban J connectivity index is 1.37. The molecule has 0 unspecified atom stereocenters. The second-order valence-corrected chi connectivity index (χ2v) is 13.6. The molecule has 12 heteroatoms. The number of carbonyl (C=O) groups excluding carboxylic acids is 5. The Kier molecular flexibility index (Phi) is 9.31.